The van der Waals surface area contributed by atoms with E-state index in [1.807, 2.05) is 0 Å². The van der Waals surface area contributed by atoms with E-state index in [4.69, 9.17) is 10.5 Å². The summed E-state index contributed by atoms with van der Waals surface area (Å²) < 4.78 is 42.1. The van der Waals surface area contributed by atoms with Crippen molar-refractivity contribution in [3.05, 3.63) is 29.3 Å². The van der Waals surface area contributed by atoms with Crippen molar-refractivity contribution < 1.29 is 22.7 Å². The third kappa shape index (κ3) is 3.65. The van der Waals surface area contributed by atoms with Crippen LogP contribution in [0.3, 0.4) is 0 Å². The van der Waals surface area contributed by atoms with Gasteiger partial charge in [-0.3, -0.25) is 0 Å². The number of esters is 1. The first-order valence-corrected chi connectivity index (χ1v) is 4.99. The van der Waals surface area contributed by atoms with Crippen LogP contribution in [0, 0.1) is 0 Å². The van der Waals surface area contributed by atoms with Crippen LogP contribution in [0.5, 0.6) is 0 Å². The molecule has 0 aromatic heterocycles. The van der Waals surface area contributed by atoms with Crippen LogP contribution in [0.25, 0.3) is 0 Å². The fraction of sp³-hybridized carbons (Fsp3) is 0.364. The summed E-state index contributed by atoms with van der Waals surface area (Å²) in [6.07, 6.45) is -3.94. The Kier molecular flexibility index (Phi) is 3.98. The van der Waals surface area contributed by atoms with Crippen LogP contribution in [-0.4, -0.2) is 12.6 Å². The highest BCUT2D eigenvalue weighted by Crippen LogP contribution is 2.31. The highest BCUT2D eigenvalue weighted by Gasteiger charge is 2.31. The van der Waals surface area contributed by atoms with E-state index in [0.717, 1.165) is 18.2 Å². The van der Waals surface area contributed by atoms with E-state index in [1.165, 1.54) is 0 Å². The van der Waals surface area contributed by atoms with Gasteiger partial charge in [0.2, 0.25) is 0 Å². The maximum Gasteiger partial charge on any atom is 0.416 e. The molecule has 0 bridgehead atoms. The Morgan fingerprint density at radius 1 is 1.35 bits per heavy atom. The Balaban J connectivity index is 3.01. The molecule has 0 saturated heterocycles. The number of alkyl halides is 3. The fourth-order valence-corrected chi connectivity index (χ4v) is 1.21. The summed E-state index contributed by atoms with van der Waals surface area (Å²) in [6, 6.07) is 2.66. The molecule has 0 atom stereocenters. The molecule has 0 heterocycles. The second kappa shape index (κ2) is 5.07. The third-order valence-corrected chi connectivity index (χ3v) is 1.96. The first-order valence-electron chi connectivity index (χ1n) is 4.99. The Morgan fingerprint density at radius 3 is 2.53 bits per heavy atom. The molecule has 0 spiro atoms. The standard InChI is InChI=1S/C11H12F3NO2/c1-2-3-17-10(16)7-4-8(11(12,13)14)6-9(15)5-7/h4-6H,2-3,15H2,1H3. The van der Waals surface area contributed by atoms with Gasteiger partial charge in [0.05, 0.1) is 17.7 Å². The third-order valence-electron chi connectivity index (χ3n) is 1.96. The molecule has 0 amide bonds. The van der Waals surface area contributed by atoms with Crippen LogP contribution in [0.4, 0.5) is 18.9 Å². The maximum absolute atomic E-state index is 12.5. The Morgan fingerprint density at radius 2 is 2.00 bits per heavy atom. The zero-order valence-corrected chi connectivity index (χ0v) is 9.17. The molecule has 0 unspecified atom stereocenters. The number of nitrogen functional groups attached to an aromatic ring is 1. The highest BCUT2D eigenvalue weighted by molar-refractivity contribution is 5.90. The van der Waals surface area contributed by atoms with Crippen LogP contribution in [-0.2, 0) is 10.9 Å². The maximum atomic E-state index is 12.5. The minimum Gasteiger partial charge on any atom is -0.462 e. The highest BCUT2D eigenvalue weighted by atomic mass is 19.4. The van der Waals surface area contributed by atoms with Gasteiger partial charge in [0, 0.05) is 5.69 Å². The molecule has 0 aliphatic heterocycles. The number of halogens is 3. The molecule has 1 aromatic rings. The van der Waals surface area contributed by atoms with Gasteiger partial charge < -0.3 is 10.5 Å². The lowest BCUT2D eigenvalue weighted by Crippen LogP contribution is -2.11. The normalized spacial score (nSPS) is 11.3. The smallest absolute Gasteiger partial charge is 0.416 e. The molecule has 1 aromatic carbocycles. The van der Waals surface area contributed by atoms with Crippen molar-refractivity contribution in [3.63, 3.8) is 0 Å². The van der Waals surface area contributed by atoms with Gasteiger partial charge in [-0.1, -0.05) is 6.92 Å². The zero-order valence-electron chi connectivity index (χ0n) is 9.17. The lowest BCUT2D eigenvalue weighted by atomic mass is 10.1. The number of hydrogen-bond acceptors (Lipinski definition) is 3. The van der Waals surface area contributed by atoms with E-state index in [2.05, 4.69) is 0 Å². The van der Waals surface area contributed by atoms with Gasteiger partial charge in [0.15, 0.2) is 0 Å². The van der Waals surface area contributed by atoms with Gasteiger partial charge in [-0.05, 0) is 24.6 Å². The van der Waals surface area contributed by atoms with Crippen molar-refractivity contribution in [2.24, 2.45) is 0 Å². The zero-order chi connectivity index (χ0) is 13.1. The van der Waals surface area contributed by atoms with E-state index < -0.39 is 17.7 Å². The Hall–Kier alpha value is -1.72. The number of benzene rings is 1. The second-order valence-electron chi connectivity index (χ2n) is 3.48. The lowest BCUT2D eigenvalue weighted by molar-refractivity contribution is -0.137. The minimum atomic E-state index is -4.53. The van der Waals surface area contributed by atoms with Gasteiger partial charge in [-0.25, -0.2) is 4.79 Å². The summed E-state index contributed by atoms with van der Waals surface area (Å²) in [5.74, 6) is -0.801. The molecular weight excluding hydrogens is 235 g/mol. The summed E-state index contributed by atoms with van der Waals surface area (Å²) in [6.45, 7) is 1.95. The molecule has 6 heteroatoms. The van der Waals surface area contributed by atoms with Gasteiger partial charge in [-0.15, -0.1) is 0 Å². The van der Waals surface area contributed by atoms with Crippen molar-refractivity contribution in [1.29, 1.82) is 0 Å². The van der Waals surface area contributed by atoms with Crippen LogP contribution in [0.1, 0.15) is 29.3 Å². The number of nitrogens with two attached hydrogens (primary N) is 1. The second-order valence-corrected chi connectivity index (χ2v) is 3.48. The molecule has 3 nitrogen and oxygen atoms in total. The van der Waals surface area contributed by atoms with E-state index >= 15 is 0 Å². The summed E-state index contributed by atoms with van der Waals surface area (Å²) in [7, 11) is 0. The van der Waals surface area contributed by atoms with Crippen molar-refractivity contribution in [1.82, 2.24) is 0 Å². The average molecular weight is 247 g/mol. The summed E-state index contributed by atoms with van der Waals surface area (Å²) in [4.78, 5) is 11.4. The van der Waals surface area contributed by atoms with Gasteiger partial charge >= 0.3 is 12.1 Å². The van der Waals surface area contributed by atoms with E-state index in [9.17, 15) is 18.0 Å². The number of ether oxygens (including phenoxy) is 1. The number of hydrogen-bond donors (Lipinski definition) is 1. The summed E-state index contributed by atoms with van der Waals surface area (Å²) >= 11 is 0. The largest absolute Gasteiger partial charge is 0.462 e. The molecule has 0 radical (unpaired) electrons. The molecule has 0 fully saturated rings. The molecular formula is C11H12F3NO2. The first-order chi connectivity index (χ1) is 7.84. The van der Waals surface area contributed by atoms with E-state index in [-0.39, 0.29) is 17.9 Å². The van der Waals surface area contributed by atoms with Crippen molar-refractivity contribution in [2.45, 2.75) is 19.5 Å². The quantitative estimate of drug-likeness (QED) is 0.660. The van der Waals surface area contributed by atoms with Crippen molar-refractivity contribution in [2.75, 3.05) is 12.3 Å². The Labute approximate surface area is 96.4 Å². The average Bonchev–Trinajstić information content (AvgIpc) is 2.23. The van der Waals surface area contributed by atoms with Gasteiger partial charge in [0.1, 0.15) is 0 Å². The lowest BCUT2D eigenvalue weighted by Gasteiger charge is -2.10. The number of rotatable bonds is 3. The monoisotopic (exact) mass is 247 g/mol. The SMILES string of the molecule is CCCOC(=O)c1cc(N)cc(C(F)(F)F)c1. The van der Waals surface area contributed by atoms with Gasteiger partial charge in [-0.2, -0.15) is 13.2 Å². The number of anilines is 1. The topological polar surface area (TPSA) is 52.3 Å². The fourth-order valence-electron chi connectivity index (χ4n) is 1.21. The molecule has 94 valence electrons. The van der Waals surface area contributed by atoms with Crippen LogP contribution >= 0.6 is 0 Å². The predicted octanol–water partition coefficient (Wildman–Crippen LogP) is 2.85. The molecule has 1 rings (SSSR count). The van der Waals surface area contributed by atoms with Crippen LogP contribution in [0.2, 0.25) is 0 Å². The van der Waals surface area contributed by atoms with Crippen molar-refractivity contribution in [3.8, 4) is 0 Å². The van der Waals surface area contributed by atoms with Gasteiger partial charge in [0.25, 0.3) is 0 Å². The molecule has 0 aliphatic carbocycles. The van der Waals surface area contributed by atoms with Crippen LogP contribution in [0.15, 0.2) is 18.2 Å². The first kappa shape index (κ1) is 13.3. The molecule has 17 heavy (non-hydrogen) atoms. The van der Waals surface area contributed by atoms with E-state index in [0.29, 0.717) is 6.42 Å². The van der Waals surface area contributed by atoms with Crippen molar-refractivity contribution >= 4 is 11.7 Å². The number of carbonyl (C=O) groups excluding carboxylic acids is 1. The predicted molar refractivity (Wildman–Crippen MR) is 56.4 cm³/mol. The molecule has 2 N–H and O–H groups in total. The van der Waals surface area contributed by atoms with E-state index in [1.54, 1.807) is 6.92 Å². The number of carbonyl (C=O) groups is 1. The summed E-state index contributed by atoms with van der Waals surface area (Å²) in [5.41, 5.74) is 4.05. The van der Waals surface area contributed by atoms with Crippen LogP contribution < -0.4 is 5.73 Å². The Bertz CT molecular complexity index is 416. The summed E-state index contributed by atoms with van der Waals surface area (Å²) in [5, 5.41) is 0. The molecule has 0 saturated carbocycles. The molecule has 0 aliphatic rings. The minimum absolute atomic E-state index is 0.122.